The van der Waals surface area contributed by atoms with E-state index in [0.29, 0.717) is 19.4 Å². The molecule has 7 heteroatoms. The largest absolute Gasteiger partial charge is 0.396 e. The maximum absolute atomic E-state index is 13.3. The second-order valence-corrected chi connectivity index (χ2v) is 11.9. The molecule has 1 saturated carbocycles. The van der Waals surface area contributed by atoms with Crippen molar-refractivity contribution in [2.24, 2.45) is 16.7 Å². The zero-order chi connectivity index (χ0) is 25.3. The molecule has 3 aromatic rings. The molecule has 1 amide bonds. The summed E-state index contributed by atoms with van der Waals surface area (Å²) in [5.41, 5.74) is 2.14. The highest BCUT2D eigenvalue weighted by Crippen LogP contribution is 2.62. The highest BCUT2D eigenvalue weighted by molar-refractivity contribution is 7.15. The summed E-state index contributed by atoms with van der Waals surface area (Å²) in [6, 6.07) is 19.9. The standard InChI is InChI=1S/C29H35N3O3S/c1-28-14-13-24(34)29(2,18-33)23(28)16-22-26(32-27(36-22)31-20-11-7-4-8-12-20)21(28)15-25(35)30-17-19-9-5-3-6-10-19/h3-12,21,23-24,33-34H,13-18H2,1-2H3,(H,30,35)(H,31,32). The Morgan fingerprint density at radius 2 is 1.81 bits per heavy atom. The third-order valence-electron chi connectivity index (χ3n) is 8.64. The first-order chi connectivity index (χ1) is 17.3. The molecular weight excluding hydrogens is 470 g/mol. The van der Waals surface area contributed by atoms with Gasteiger partial charge >= 0.3 is 0 Å². The monoisotopic (exact) mass is 505 g/mol. The van der Waals surface area contributed by atoms with Crippen LogP contribution in [0.3, 0.4) is 0 Å². The lowest BCUT2D eigenvalue weighted by atomic mass is 9.47. The molecule has 2 aliphatic rings. The number of aliphatic hydroxyl groups is 2. The number of hydrogen-bond donors (Lipinski definition) is 4. The number of amides is 1. The number of aliphatic hydroxyl groups excluding tert-OH is 2. The molecule has 1 aromatic heterocycles. The Balaban J connectivity index is 1.46. The van der Waals surface area contributed by atoms with Crippen LogP contribution in [0.1, 0.15) is 55.2 Å². The van der Waals surface area contributed by atoms with Crippen molar-refractivity contribution < 1.29 is 15.0 Å². The van der Waals surface area contributed by atoms with E-state index < -0.39 is 11.5 Å². The van der Waals surface area contributed by atoms with Crippen LogP contribution in [0, 0.1) is 16.7 Å². The van der Waals surface area contributed by atoms with Crippen molar-refractivity contribution in [2.75, 3.05) is 11.9 Å². The first kappa shape index (κ1) is 24.9. The molecule has 0 aliphatic heterocycles. The summed E-state index contributed by atoms with van der Waals surface area (Å²) < 4.78 is 0. The minimum atomic E-state index is -0.625. The van der Waals surface area contributed by atoms with Gasteiger partial charge in [0.1, 0.15) is 0 Å². The number of fused-ring (bicyclic) bond motifs is 2. The first-order valence-electron chi connectivity index (χ1n) is 12.7. The van der Waals surface area contributed by atoms with Gasteiger partial charge in [0.05, 0.1) is 18.4 Å². The predicted molar refractivity (Wildman–Crippen MR) is 143 cm³/mol. The van der Waals surface area contributed by atoms with Crippen molar-refractivity contribution in [1.82, 2.24) is 10.3 Å². The second kappa shape index (κ2) is 9.96. The Labute approximate surface area is 216 Å². The average Bonchev–Trinajstić information content (AvgIpc) is 3.29. The van der Waals surface area contributed by atoms with Crippen molar-refractivity contribution >= 4 is 28.1 Å². The van der Waals surface area contributed by atoms with Crippen molar-refractivity contribution in [3.05, 3.63) is 76.8 Å². The lowest BCUT2D eigenvalue weighted by molar-refractivity contribution is -0.144. The van der Waals surface area contributed by atoms with E-state index in [9.17, 15) is 15.0 Å². The Kier molecular flexibility index (Phi) is 6.90. The predicted octanol–water partition coefficient (Wildman–Crippen LogP) is 5.01. The zero-order valence-corrected chi connectivity index (χ0v) is 21.7. The Hall–Kier alpha value is -2.74. The fraction of sp³-hybridized carbons (Fsp3) is 0.448. The molecule has 190 valence electrons. The summed E-state index contributed by atoms with van der Waals surface area (Å²) in [5, 5.41) is 28.7. The van der Waals surface area contributed by atoms with E-state index in [1.807, 2.05) is 67.6 Å². The average molecular weight is 506 g/mol. The number of anilines is 2. The molecule has 0 spiro atoms. The summed E-state index contributed by atoms with van der Waals surface area (Å²) in [6.45, 7) is 4.65. The van der Waals surface area contributed by atoms with E-state index in [2.05, 4.69) is 17.6 Å². The number of carbonyl (C=O) groups excluding carboxylic acids is 1. The van der Waals surface area contributed by atoms with E-state index in [1.165, 1.54) is 0 Å². The molecule has 5 unspecified atom stereocenters. The maximum Gasteiger partial charge on any atom is 0.220 e. The number of rotatable bonds is 7. The molecule has 2 aliphatic carbocycles. The molecule has 0 radical (unpaired) electrons. The van der Waals surface area contributed by atoms with Crippen LogP contribution in [0.4, 0.5) is 10.8 Å². The molecule has 1 fully saturated rings. The lowest BCUT2D eigenvalue weighted by Gasteiger charge is -2.58. The molecule has 6 nitrogen and oxygen atoms in total. The van der Waals surface area contributed by atoms with Gasteiger partial charge in [-0.3, -0.25) is 4.79 Å². The van der Waals surface area contributed by atoms with Crippen LogP contribution < -0.4 is 10.6 Å². The van der Waals surface area contributed by atoms with Gasteiger partial charge in [-0.05, 0) is 48.3 Å². The summed E-state index contributed by atoms with van der Waals surface area (Å²) in [5.74, 6) is -0.0507. The minimum absolute atomic E-state index is 0.000861. The van der Waals surface area contributed by atoms with Gasteiger partial charge in [0.2, 0.25) is 5.91 Å². The van der Waals surface area contributed by atoms with Gasteiger partial charge in [-0.25, -0.2) is 4.98 Å². The van der Waals surface area contributed by atoms with Gasteiger partial charge < -0.3 is 20.8 Å². The Morgan fingerprint density at radius 1 is 1.11 bits per heavy atom. The molecule has 4 N–H and O–H groups in total. The normalized spacial score (nSPS) is 29.2. The second-order valence-electron chi connectivity index (χ2n) is 10.8. The molecule has 36 heavy (non-hydrogen) atoms. The first-order valence-corrected chi connectivity index (χ1v) is 13.6. The summed E-state index contributed by atoms with van der Waals surface area (Å²) in [7, 11) is 0. The molecular formula is C29H35N3O3S. The Bertz CT molecular complexity index is 1200. The van der Waals surface area contributed by atoms with E-state index in [-0.39, 0.29) is 29.8 Å². The number of nitrogens with zero attached hydrogens (tertiary/aromatic N) is 1. The van der Waals surface area contributed by atoms with Crippen LogP contribution in [0.15, 0.2) is 60.7 Å². The van der Waals surface area contributed by atoms with Crippen LogP contribution in [0.5, 0.6) is 0 Å². The van der Waals surface area contributed by atoms with E-state index in [4.69, 9.17) is 4.98 Å². The molecule has 0 bridgehead atoms. The van der Waals surface area contributed by atoms with Gasteiger partial charge in [0.15, 0.2) is 5.13 Å². The number of thiazole rings is 1. The molecule has 5 rings (SSSR count). The van der Waals surface area contributed by atoms with E-state index in [1.54, 1.807) is 11.3 Å². The summed E-state index contributed by atoms with van der Waals surface area (Å²) in [6.07, 6.45) is 1.92. The van der Waals surface area contributed by atoms with Crippen molar-refractivity contribution in [3.8, 4) is 0 Å². The lowest BCUT2D eigenvalue weighted by Crippen LogP contribution is -2.57. The van der Waals surface area contributed by atoms with Crippen molar-refractivity contribution in [1.29, 1.82) is 0 Å². The van der Waals surface area contributed by atoms with Gasteiger partial charge in [-0.1, -0.05) is 62.4 Å². The molecule has 0 saturated heterocycles. The van der Waals surface area contributed by atoms with E-state index in [0.717, 1.165) is 39.8 Å². The highest BCUT2D eigenvalue weighted by Gasteiger charge is 2.59. The summed E-state index contributed by atoms with van der Waals surface area (Å²) in [4.78, 5) is 19.4. The zero-order valence-electron chi connectivity index (χ0n) is 20.9. The van der Waals surface area contributed by atoms with Crippen molar-refractivity contribution in [3.63, 3.8) is 0 Å². The van der Waals surface area contributed by atoms with Gasteiger partial charge in [-0.15, -0.1) is 11.3 Å². The number of carbonyl (C=O) groups is 1. The molecule has 1 heterocycles. The minimum Gasteiger partial charge on any atom is -0.396 e. The fourth-order valence-electron chi connectivity index (χ4n) is 6.40. The van der Waals surface area contributed by atoms with Crippen LogP contribution in [-0.4, -0.2) is 33.8 Å². The topological polar surface area (TPSA) is 94.5 Å². The molecule has 2 aromatic carbocycles. The number of benzene rings is 2. The van der Waals surface area contributed by atoms with Crippen LogP contribution in [0.2, 0.25) is 0 Å². The van der Waals surface area contributed by atoms with Crippen molar-refractivity contribution in [2.45, 2.75) is 58.1 Å². The highest BCUT2D eigenvalue weighted by atomic mass is 32.1. The maximum atomic E-state index is 13.3. The fourth-order valence-corrected chi connectivity index (χ4v) is 7.49. The number of hydrogen-bond acceptors (Lipinski definition) is 6. The van der Waals surface area contributed by atoms with Gasteiger partial charge in [0.25, 0.3) is 0 Å². The molecule has 5 atom stereocenters. The summed E-state index contributed by atoms with van der Waals surface area (Å²) >= 11 is 1.62. The third kappa shape index (κ3) is 4.56. The number of nitrogens with one attached hydrogen (secondary N) is 2. The SMILES string of the molecule is CC1(CO)C(O)CCC2(C)C(CC(=O)NCc3ccccc3)c3nc(Nc4ccccc4)sc3CC12. The van der Waals surface area contributed by atoms with Gasteiger partial charge in [0, 0.05) is 34.9 Å². The van der Waals surface area contributed by atoms with Crippen LogP contribution in [-0.2, 0) is 17.8 Å². The van der Waals surface area contributed by atoms with Crippen LogP contribution >= 0.6 is 11.3 Å². The smallest absolute Gasteiger partial charge is 0.220 e. The number of aromatic nitrogens is 1. The Morgan fingerprint density at radius 3 is 2.50 bits per heavy atom. The third-order valence-corrected chi connectivity index (χ3v) is 9.65. The van der Waals surface area contributed by atoms with Gasteiger partial charge in [-0.2, -0.15) is 0 Å². The van der Waals surface area contributed by atoms with Crippen LogP contribution in [0.25, 0.3) is 0 Å². The number of para-hydroxylation sites is 1. The quantitative estimate of drug-likeness (QED) is 0.362. The van der Waals surface area contributed by atoms with E-state index >= 15 is 0 Å².